The van der Waals surface area contributed by atoms with Gasteiger partial charge in [0.15, 0.2) is 0 Å². The minimum atomic E-state index is -0.144. The van der Waals surface area contributed by atoms with E-state index >= 15 is 0 Å². The maximum atomic E-state index is 13.3. The van der Waals surface area contributed by atoms with Gasteiger partial charge in [0.05, 0.1) is 17.6 Å². The van der Waals surface area contributed by atoms with E-state index in [0.717, 1.165) is 50.9 Å². The number of fused-ring (bicyclic) bond motifs is 1. The molecule has 2 saturated heterocycles. The molecule has 33 heavy (non-hydrogen) atoms. The van der Waals surface area contributed by atoms with Crippen LogP contribution >= 0.6 is 0 Å². The molecule has 0 radical (unpaired) electrons. The molecule has 7 nitrogen and oxygen atoms in total. The van der Waals surface area contributed by atoms with Crippen molar-refractivity contribution < 1.29 is 9.59 Å². The lowest BCUT2D eigenvalue weighted by Crippen LogP contribution is -2.57. The predicted octanol–water partition coefficient (Wildman–Crippen LogP) is 2.98. The molecule has 0 saturated carbocycles. The van der Waals surface area contributed by atoms with Crippen molar-refractivity contribution in [3.63, 3.8) is 0 Å². The first-order valence-corrected chi connectivity index (χ1v) is 11.9. The number of amides is 2. The van der Waals surface area contributed by atoms with Crippen LogP contribution in [-0.2, 0) is 11.3 Å². The molecule has 2 atom stereocenters. The first-order chi connectivity index (χ1) is 16.2. The second-order valence-electron chi connectivity index (χ2n) is 8.93. The molecule has 0 spiro atoms. The monoisotopic (exact) mass is 445 g/mol. The van der Waals surface area contributed by atoms with Gasteiger partial charge in [-0.05, 0) is 67.8 Å². The predicted molar refractivity (Wildman–Crippen MR) is 125 cm³/mol. The Morgan fingerprint density at radius 2 is 1.82 bits per heavy atom. The quantitative estimate of drug-likeness (QED) is 0.785. The van der Waals surface area contributed by atoms with Crippen LogP contribution in [0.5, 0.6) is 0 Å². The van der Waals surface area contributed by atoms with Crippen LogP contribution in [0.2, 0.25) is 0 Å². The first-order valence-electron chi connectivity index (χ1n) is 11.9. The fraction of sp³-hybridized carbons (Fsp3) is 0.462. The van der Waals surface area contributed by atoms with Crippen molar-refractivity contribution in [2.24, 2.45) is 5.92 Å². The number of hydrogen-bond donors (Lipinski definition) is 1. The number of nitrogens with zero attached hydrogens (tertiary/aromatic N) is 4. The van der Waals surface area contributed by atoms with E-state index in [1.165, 1.54) is 0 Å². The summed E-state index contributed by atoms with van der Waals surface area (Å²) in [7, 11) is 0. The highest BCUT2D eigenvalue weighted by atomic mass is 16.2. The molecule has 1 aromatic carbocycles. The van der Waals surface area contributed by atoms with E-state index in [0.29, 0.717) is 30.6 Å². The van der Waals surface area contributed by atoms with E-state index < -0.39 is 0 Å². The van der Waals surface area contributed by atoms with E-state index in [1.54, 1.807) is 36.7 Å². The summed E-state index contributed by atoms with van der Waals surface area (Å²) in [6, 6.07) is 12.9. The molecule has 0 bridgehead atoms. The lowest BCUT2D eigenvalue weighted by molar-refractivity contribution is -0.129. The van der Waals surface area contributed by atoms with E-state index in [1.807, 2.05) is 17.0 Å². The van der Waals surface area contributed by atoms with E-state index in [9.17, 15) is 9.59 Å². The number of pyridine rings is 1. The molecule has 1 aromatic heterocycles. The molecule has 4 rings (SSSR count). The lowest BCUT2D eigenvalue weighted by atomic mass is 9.88. The van der Waals surface area contributed by atoms with Gasteiger partial charge in [0.2, 0.25) is 5.91 Å². The Morgan fingerprint density at radius 1 is 1.06 bits per heavy atom. The molecule has 3 heterocycles. The van der Waals surface area contributed by atoms with Gasteiger partial charge in [0.25, 0.3) is 5.91 Å². The summed E-state index contributed by atoms with van der Waals surface area (Å²) in [6.07, 6.45) is 8.57. The van der Waals surface area contributed by atoms with Crippen molar-refractivity contribution in [1.82, 2.24) is 20.1 Å². The van der Waals surface area contributed by atoms with Crippen LogP contribution in [0.4, 0.5) is 0 Å². The average molecular weight is 446 g/mol. The summed E-state index contributed by atoms with van der Waals surface area (Å²) >= 11 is 0. The fourth-order valence-corrected chi connectivity index (χ4v) is 4.88. The summed E-state index contributed by atoms with van der Waals surface area (Å²) in [5.41, 5.74) is 2.28. The lowest BCUT2D eigenvalue weighted by Gasteiger charge is -2.43. The number of piperidine rings is 1. The van der Waals surface area contributed by atoms with Crippen LogP contribution < -0.4 is 5.32 Å². The SMILES string of the molecule is N#Cc1ccc(C(=O)N2CC[C@H]3C(=O)NCCCCCCN(Cc4ccncc4)[C@@H]3C2)cc1. The Kier molecular flexibility index (Phi) is 7.69. The summed E-state index contributed by atoms with van der Waals surface area (Å²) in [5, 5.41) is 12.2. The van der Waals surface area contributed by atoms with Gasteiger partial charge in [-0.1, -0.05) is 12.8 Å². The maximum Gasteiger partial charge on any atom is 0.253 e. The van der Waals surface area contributed by atoms with Gasteiger partial charge in [0.1, 0.15) is 0 Å². The molecule has 172 valence electrons. The van der Waals surface area contributed by atoms with E-state index in [-0.39, 0.29) is 23.8 Å². The summed E-state index contributed by atoms with van der Waals surface area (Å²) in [6.45, 7) is 3.42. The highest BCUT2D eigenvalue weighted by Crippen LogP contribution is 2.27. The van der Waals surface area contributed by atoms with Crippen LogP contribution in [-0.4, -0.2) is 58.8 Å². The number of hydrogen-bond acceptors (Lipinski definition) is 5. The molecule has 2 amide bonds. The number of likely N-dealkylation sites (tertiary alicyclic amines) is 1. The number of nitriles is 1. The minimum Gasteiger partial charge on any atom is -0.356 e. The maximum absolute atomic E-state index is 13.3. The Morgan fingerprint density at radius 3 is 2.58 bits per heavy atom. The molecular formula is C26H31N5O2. The van der Waals surface area contributed by atoms with Crippen molar-refractivity contribution >= 4 is 11.8 Å². The highest BCUT2D eigenvalue weighted by Gasteiger charge is 2.39. The van der Waals surface area contributed by atoms with Crippen molar-refractivity contribution in [3.8, 4) is 6.07 Å². The average Bonchev–Trinajstić information content (AvgIpc) is 2.89. The van der Waals surface area contributed by atoms with Crippen molar-refractivity contribution in [3.05, 3.63) is 65.5 Å². The van der Waals surface area contributed by atoms with Gasteiger partial charge in [-0.3, -0.25) is 19.5 Å². The topological polar surface area (TPSA) is 89.3 Å². The largest absolute Gasteiger partial charge is 0.356 e. The number of aromatic nitrogens is 1. The van der Waals surface area contributed by atoms with Crippen LogP contribution in [0.15, 0.2) is 48.8 Å². The fourth-order valence-electron chi connectivity index (χ4n) is 4.88. The summed E-state index contributed by atoms with van der Waals surface area (Å²) in [5.74, 6) is -0.0846. The molecule has 0 unspecified atom stereocenters. The standard InChI is InChI=1S/C26H31N5O2/c27-17-20-5-7-22(8-6-20)26(33)31-16-11-23-24(19-31)30(18-21-9-13-28-14-10-21)15-4-2-1-3-12-29-25(23)32/h5-10,13-14,23-24H,1-4,11-12,15-16,18-19H2,(H,29,32)/t23-,24-/m1/s1. The third kappa shape index (κ3) is 5.77. The van der Waals surface area contributed by atoms with Crippen LogP contribution in [0.25, 0.3) is 0 Å². The third-order valence-corrected chi connectivity index (χ3v) is 6.74. The van der Waals surface area contributed by atoms with Gasteiger partial charge < -0.3 is 10.2 Å². The van der Waals surface area contributed by atoms with Crippen molar-refractivity contribution in [1.29, 1.82) is 5.26 Å². The third-order valence-electron chi connectivity index (χ3n) is 6.74. The smallest absolute Gasteiger partial charge is 0.253 e. The van der Waals surface area contributed by atoms with Gasteiger partial charge in [-0.15, -0.1) is 0 Å². The van der Waals surface area contributed by atoms with Crippen LogP contribution in [0.1, 0.15) is 53.6 Å². The molecule has 2 aromatic rings. The van der Waals surface area contributed by atoms with Gasteiger partial charge in [-0.25, -0.2) is 0 Å². The Hall–Kier alpha value is -3.24. The zero-order valence-corrected chi connectivity index (χ0v) is 18.9. The number of carbonyl (C=O) groups excluding carboxylic acids is 2. The second kappa shape index (κ2) is 11.1. The van der Waals surface area contributed by atoms with Crippen molar-refractivity contribution in [2.75, 3.05) is 26.2 Å². The van der Waals surface area contributed by atoms with E-state index in [4.69, 9.17) is 5.26 Å². The summed E-state index contributed by atoms with van der Waals surface area (Å²) < 4.78 is 0. The molecular weight excluding hydrogens is 414 g/mol. The second-order valence-corrected chi connectivity index (χ2v) is 8.93. The Bertz CT molecular complexity index is 986. The minimum absolute atomic E-state index is 0.0449. The Labute approximate surface area is 195 Å². The molecule has 7 heteroatoms. The van der Waals surface area contributed by atoms with Crippen LogP contribution in [0.3, 0.4) is 0 Å². The normalized spacial score (nSPS) is 22.4. The van der Waals surface area contributed by atoms with E-state index in [2.05, 4.69) is 21.3 Å². The number of rotatable bonds is 3. The van der Waals surface area contributed by atoms with Crippen molar-refractivity contribution in [2.45, 2.75) is 44.7 Å². The Balaban J connectivity index is 1.58. The van der Waals surface area contributed by atoms with Gasteiger partial charge in [-0.2, -0.15) is 5.26 Å². The van der Waals surface area contributed by atoms with Gasteiger partial charge in [0, 0.05) is 50.2 Å². The molecule has 2 fully saturated rings. The molecule has 2 aliphatic heterocycles. The van der Waals surface area contributed by atoms with Gasteiger partial charge >= 0.3 is 0 Å². The first kappa shape index (κ1) is 22.9. The highest BCUT2D eigenvalue weighted by molar-refractivity contribution is 5.94. The number of benzene rings is 1. The van der Waals surface area contributed by atoms with Crippen LogP contribution in [0, 0.1) is 17.2 Å². The molecule has 1 N–H and O–H groups in total. The summed E-state index contributed by atoms with van der Waals surface area (Å²) in [4.78, 5) is 34.8. The zero-order valence-electron chi connectivity index (χ0n) is 18.9. The zero-order chi connectivity index (χ0) is 23.0. The molecule has 0 aliphatic carbocycles. The molecule has 2 aliphatic rings. The number of carbonyl (C=O) groups is 2. The number of nitrogens with one attached hydrogen (secondary N) is 1.